The fourth-order valence-corrected chi connectivity index (χ4v) is 0.673. The number of aliphatic hydroxyl groups is 2. The highest BCUT2D eigenvalue weighted by atomic mass is 16.3. The molecule has 3 heteroatoms. The quantitative estimate of drug-likeness (QED) is 0.573. The van der Waals surface area contributed by atoms with Crippen molar-refractivity contribution in [2.45, 2.75) is 19.4 Å². The van der Waals surface area contributed by atoms with Crippen LogP contribution in [0, 0.1) is 0 Å². The number of rotatable bonds is 4. The average Bonchev–Trinajstić information content (AvgIpc) is 2.01. The molecule has 0 aliphatic rings. The Morgan fingerprint density at radius 2 is 1.70 bits per heavy atom. The van der Waals surface area contributed by atoms with E-state index in [4.69, 9.17) is 10.2 Å². The summed E-state index contributed by atoms with van der Waals surface area (Å²) in [5, 5.41) is 17.8. The van der Waals surface area contributed by atoms with Gasteiger partial charge < -0.3 is 10.2 Å². The molecule has 62 valence electrons. The molecule has 0 fully saturated rings. The van der Waals surface area contributed by atoms with Crippen LogP contribution >= 0.6 is 0 Å². The van der Waals surface area contributed by atoms with Crippen LogP contribution in [0.3, 0.4) is 0 Å². The van der Waals surface area contributed by atoms with Gasteiger partial charge in [0.25, 0.3) is 0 Å². The number of nitrogens with zero attached hydrogens (tertiary/aromatic N) is 1. The molecule has 0 aromatic rings. The van der Waals surface area contributed by atoms with E-state index in [1.807, 2.05) is 25.8 Å². The minimum absolute atomic E-state index is 0.00611. The minimum atomic E-state index is -0.464. The van der Waals surface area contributed by atoms with Crippen molar-refractivity contribution in [2.75, 3.05) is 26.8 Å². The van der Waals surface area contributed by atoms with Crippen LogP contribution in [0.5, 0.6) is 0 Å². The molecule has 0 spiro atoms. The highest BCUT2D eigenvalue weighted by Gasteiger charge is 2.25. The van der Waals surface area contributed by atoms with Crippen molar-refractivity contribution in [1.82, 2.24) is 4.90 Å². The summed E-state index contributed by atoms with van der Waals surface area (Å²) < 4.78 is 0. The van der Waals surface area contributed by atoms with Crippen LogP contribution in [0.25, 0.3) is 0 Å². The summed E-state index contributed by atoms with van der Waals surface area (Å²) in [5.74, 6) is 0. The van der Waals surface area contributed by atoms with E-state index < -0.39 is 5.54 Å². The van der Waals surface area contributed by atoms with Gasteiger partial charge in [0.15, 0.2) is 0 Å². The molecule has 10 heavy (non-hydrogen) atoms. The van der Waals surface area contributed by atoms with Crippen LogP contribution in [0.4, 0.5) is 0 Å². The molecule has 2 N–H and O–H groups in total. The topological polar surface area (TPSA) is 43.7 Å². The molecule has 0 aliphatic carbocycles. The summed E-state index contributed by atoms with van der Waals surface area (Å²) in [5.41, 5.74) is -0.464. The molecular formula is C7H17NO2. The summed E-state index contributed by atoms with van der Waals surface area (Å²) in [7, 11) is 1.88. The first-order valence-electron chi connectivity index (χ1n) is 3.53. The van der Waals surface area contributed by atoms with Crippen LogP contribution in [0.1, 0.15) is 13.8 Å². The molecule has 0 amide bonds. The molecule has 0 radical (unpaired) electrons. The number of aliphatic hydroxyl groups excluding tert-OH is 2. The Labute approximate surface area is 62.3 Å². The standard InChI is InChI=1S/C7H17NO2/c1-4-8(3)7(2,5-9)6-10/h9-10H,4-6H2,1-3H3. The maximum Gasteiger partial charge on any atom is 0.0641 e. The van der Waals surface area contributed by atoms with Gasteiger partial charge in [0.05, 0.1) is 18.8 Å². The Hall–Kier alpha value is -0.120. The van der Waals surface area contributed by atoms with Crippen LogP contribution in [0.2, 0.25) is 0 Å². The van der Waals surface area contributed by atoms with Gasteiger partial charge in [-0.2, -0.15) is 0 Å². The molecule has 0 saturated carbocycles. The van der Waals surface area contributed by atoms with Crippen molar-refractivity contribution in [1.29, 1.82) is 0 Å². The van der Waals surface area contributed by atoms with Gasteiger partial charge in [0.1, 0.15) is 0 Å². The molecule has 0 aliphatic heterocycles. The molecular weight excluding hydrogens is 130 g/mol. The summed E-state index contributed by atoms with van der Waals surface area (Å²) in [6.45, 7) is 4.64. The fourth-order valence-electron chi connectivity index (χ4n) is 0.673. The van der Waals surface area contributed by atoms with Crippen LogP contribution < -0.4 is 0 Å². The molecule has 0 unspecified atom stereocenters. The molecule has 0 heterocycles. The number of likely N-dealkylation sites (N-methyl/N-ethyl adjacent to an activating group) is 1. The monoisotopic (exact) mass is 147 g/mol. The zero-order valence-corrected chi connectivity index (χ0v) is 6.96. The number of hydrogen-bond donors (Lipinski definition) is 2. The first-order chi connectivity index (χ1) is 4.60. The Bertz CT molecular complexity index is 91.6. The van der Waals surface area contributed by atoms with Gasteiger partial charge in [-0.05, 0) is 20.5 Å². The molecule has 0 atom stereocenters. The lowest BCUT2D eigenvalue weighted by Crippen LogP contribution is -2.49. The van der Waals surface area contributed by atoms with Crippen molar-refractivity contribution in [3.8, 4) is 0 Å². The smallest absolute Gasteiger partial charge is 0.0641 e. The summed E-state index contributed by atoms with van der Waals surface area (Å²) in [6.07, 6.45) is 0. The Morgan fingerprint density at radius 3 is 1.80 bits per heavy atom. The lowest BCUT2D eigenvalue weighted by Gasteiger charge is -2.34. The van der Waals surface area contributed by atoms with Gasteiger partial charge >= 0.3 is 0 Å². The second-order valence-corrected chi connectivity index (χ2v) is 2.83. The third-order valence-corrected chi connectivity index (χ3v) is 2.08. The Balaban J connectivity index is 4.02. The van der Waals surface area contributed by atoms with Gasteiger partial charge in [0, 0.05) is 0 Å². The SMILES string of the molecule is CCN(C)C(C)(CO)CO. The highest BCUT2D eigenvalue weighted by molar-refractivity contribution is 4.81. The van der Waals surface area contributed by atoms with Crippen molar-refractivity contribution in [3.05, 3.63) is 0 Å². The van der Waals surface area contributed by atoms with Gasteiger partial charge in [-0.25, -0.2) is 0 Å². The van der Waals surface area contributed by atoms with E-state index >= 15 is 0 Å². The van der Waals surface area contributed by atoms with Gasteiger partial charge in [-0.1, -0.05) is 6.92 Å². The highest BCUT2D eigenvalue weighted by Crippen LogP contribution is 2.09. The maximum atomic E-state index is 8.89. The first-order valence-corrected chi connectivity index (χ1v) is 3.53. The van der Waals surface area contributed by atoms with Crippen LogP contribution in [-0.2, 0) is 0 Å². The van der Waals surface area contributed by atoms with E-state index in [-0.39, 0.29) is 13.2 Å². The maximum absolute atomic E-state index is 8.89. The van der Waals surface area contributed by atoms with Gasteiger partial charge in [-0.3, -0.25) is 4.90 Å². The second kappa shape index (κ2) is 3.91. The third kappa shape index (κ3) is 1.94. The van der Waals surface area contributed by atoms with E-state index in [1.54, 1.807) is 0 Å². The van der Waals surface area contributed by atoms with Crippen molar-refractivity contribution < 1.29 is 10.2 Å². The van der Waals surface area contributed by atoms with Crippen LogP contribution in [-0.4, -0.2) is 47.5 Å². The zero-order valence-electron chi connectivity index (χ0n) is 6.96. The predicted molar refractivity (Wildman–Crippen MR) is 40.9 cm³/mol. The van der Waals surface area contributed by atoms with E-state index in [0.29, 0.717) is 0 Å². The van der Waals surface area contributed by atoms with Crippen molar-refractivity contribution in [3.63, 3.8) is 0 Å². The Morgan fingerprint density at radius 1 is 1.30 bits per heavy atom. The molecule has 3 nitrogen and oxygen atoms in total. The summed E-state index contributed by atoms with van der Waals surface area (Å²) >= 11 is 0. The lowest BCUT2D eigenvalue weighted by atomic mass is 10.0. The summed E-state index contributed by atoms with van der Waals surface area (Å²) in [6, 6.07) is 0. The van der Waals surface area contributed by atoms with Gasteiger partial charge in [0.2, 0.25) is 0 Å². The third-order valence-electron chi connectivity index (χ3n) is 2.08. The second-order valence-electron chi connectivity index (χ2n) is 2.83. The normalized spacial score (nSPS) is 12.6. The zero-order chi connectivity index (χ0) is 8.20. The molecule has 0 aromatic heterocycles. The molecule has 0 bridgehead atoms. The van der Waals surface area contributed by atoms with Crippen LogP contribution in [0.15, 0.2) is 0 Å². The first kappa shape index (κ1) is 9.88. The largest absolute Gasteiger partial charge is 0.394 e. The van der Waals surface area contributed by atoms with E-state index in [2.05, 4.69) is 0 Å². The van der Waals surface area contributed by atoms with E-state index in [0.717, 1.165) is 6.54 Å². The van der Waals surface area contributed by atoms with Crippen molar-refractivity contribution >= 4 is 0 Å². The molecule has 0 rings (SSSR count). The Kier molecular flexibility index (Phi) is 3.86. The minimum Gasteiger partial charge on any atom is -0.394 e. The van der Waals surface area contributed by atoms with E-state index in [1.165, 1.54) is 0 Å². The van der Waals surface area contributed by atoms with Gasteiger partial charge in [-0.15, -0.1) is 0 Å². The summed E-state index contributed by atoms with van der Waals surface area (Å²) in [4.78, 5) is 1.92. The number of hydrogen-bond acceptors (Lipinski definition) is 3. The van der Waals surface area contributed by atoms with E-state index in [9.17, 15) is 0 Å². The average molecular weight is 147 g/mol. The lowest BCUT2D eigenvalue weighted by molar-refractivity contribution is 0.0186. The van der Waals surface area contributed by atoms with Crippen molar-refractivity contribution in [2.24, 2.45) is 0 Å². The fraction of sp³-hybridized carbons (Fsp3) is 1.00. The molecule has 0 aromatic carbocycles. The molecule has 0 saturated heterocycles. The predicted octanol–water partition coefficient (Wildman–Crippen LogP) is -0.319.